The van der Waals surface area contributed by atoms with E-state index in [0.29, 0.717) is 12.4 Å². The molecule has 5 heteroatoms. The van der Waals surface area contributed by atoms with E-state index in [2.05, 4.69) is 15.4 Å². The van der Waals surface area contributed by atoms with Gasteiger partial charge in [-0.2, -0.15) is 4.80 Å². The molecule has 72 valence electrons. The minimum atomic E-state index is -0.123. The Morgan fingerprint density at radius 1 is 1.46 bits per heavy atom. The van der Waals surface area contributed by atoms with Crippen LogP contribution in [0.3, 0.4) is 0 Å². The third kappa shape index (κ3) is 2.62. The summed E-state index contributed by atoms with van der Waals surface area (Å²) in [6.07, 6.45) is 3.55. The topological polar surface area (TPSA) is 69.6 Å². The molecule has 1 rings (SSSR count). The Kier molecular flexibility index (Phi) is 2.77. The fourth-order valence-corrected chi connectivity index (χ4v) is 0.750. The van der Waals surface area contributed by atoms with Gasteiger partial charge >= 0.3 is 0 Å². The molecule has 0 amide bonds. The van der Waals surface area contributed by atoms with E-state index in [9.17, 15) is 0 Å². The third-order valence-corrected chi connectivity index (χ3v) is 1.43. The van der Waals surface area contributed by atoms with Crippen LogP contribution in [-0.4, -0.2) is 26.8 Å². The summed E-state index contributed by atoms with van der Waals surface area (Å²) in [6, 6.07) is 0. The molecule has 0 atom stereocenters. The highest BCUT2D eigenvalue weighted by molar-refractivity contribution is 5.38. The summed E-state index contributed by atoms with van der Waals surface area (Å²) in [5.41, 5.74) is 5.18. The molecule has 0 spiro atoms. The second-order valence-electron chi connectivity index (χ2n) is 3.75. The average molecular weight is 181 g/mol. The van der Waals surface area contributed by atoms with E-state index < -0.39 is 0 Å². The summed E-state index contributed by atoms with van der Waals surface area (Å²) in [6.45, 7) is 6.55. The van der Waals surface area contributed by atoms with Crippen molar-refractivity contribution >= 4 is 6.08 Å². The van der Waals surface area contributed by atoms with Gasteiger partial charge in [-0.15, -0.1) is 10.2 Å². The molecule has 0 fully saturated rings. The van der Waals surface area contributed by atoms with Crippen LogP contribution in [0.1, 0.15) is 26.6 Å². The second-order valence-corrected chi connectivity index (χ2v) is 3.75. The highest BCUT2D eigenvalue weighted by atomic mass is 15.6. The summed E-state index contributed by atoms with van der Waals surface area (Å²) < 4.78 is 0. The van der Waals surface area contributed by atoms with E-state index in [-0.39, 0.29) is 5.54 Å². The lowest BCUT2D eigenvalue weighted by Crippen LogP contribution is -2.24. The van der Waals surface area contributed by atoms with Crippen LogP contribution in [0.5, 0.6) is 0 Å². The van der Waals surface area contributed by atoms with Gasteiger partial charge in [-0.3, -0.25) is 0 Å². The Labute approximate surface area is 77.6 Å². The number of nitrogens with two attached hydrogens (primary N) is 1. The van der Waals surface area contributed by atoms with Gasteiger partial charge < -0.3 is 5.73 Å². The van der Waals surface area contributed by atoms with Crippen molar-refractivity contribution in [1.29, 1.82) is 0 Å². The summed E-state index contributed by atoms with van der Waals surface area (Å²) in [5, 5.41) is 12.0. The van der Waals surface area contributed by atoms with Crippen molar-refractivity contribution in [3.63, 3.8) is 0 Å². The SMILES string of the molecule is CC(C)(C)n1nnc(/C=C/CN)n1. The van der Waals surface area contributed by atoms with Gasteiger partial charge in [0.1, 0.15) is 0 Å². The Balaban J connectivity index is 2.81. The first kappa shape index (κ1) is 9.85. The van der Waals surface area contributed by atoms with E-state index in [1.54, 1.807) is 16.9 Å². The fraction of sp³-hybridized carbons (Fsp3) is 0.625. The molecule has 0 radical (unpaired) electrons. The number of hydrogen-bond donors (Lipinski definition) is 1. The molecule has 1 aromatic heterocycles. The maximum atomic E-state index is 5.30. The van der Waals surface area contributed by atoms with Crippen LogP contribution in [0, 0.1) is 0 Å². The number of nitrogens with zero attached hydrogens (tertiary/aromatic N) is 4. The zero-order valence-corrected chi connectivity index (χ0v) is 8.23. The van der Waals surface area contributed by atoms with Gasteiger partial charge in [-0.05, 0) is 32.1 Å². The predicted octanol–water partition coefficient (Wildman–Crippen LogP) is 0.400. The highest BCUT2D eigenvalue weighted by Crippen LogP contribution is 2.09. The van der Waals surface area contributed by atoms with Crippen molar-refractivity contribution < 1.29 is 0 Å². The quantitative estimate of drug-likeness (QED) is 0.717. The van der Waals surface area contributed by atoms with E-state index >= 15 is 0 Å². The van der Waals surface area contributed by atoms with Gasteiger partial charge in [0.25, 0.3) is 0 Å². The van der Waals surface area contributed by atoms with Crippen molar-refractivity contribution in [3.05, 3.63) is 11.9 Å². The van der Waals surface area contributed by atoms with E-state index in [4.69, 9.17) is 5.73 Å². The monoisotopic (exact) mass is 181 g/mol. The molecule has 0 bridgehead atoms. The molecule has 0 aromatic carbocycles. The van der Waals surface area contributed by atoms with Gasteiger partial charge in [0, 0.05) is 6.54 Å². The van der Waals surface area contributed by atoms with Crippen LogP contribution < -0.4 is 5.73 Å². The fourth-order valence-electron chi connectivity index (χ4n) is 0.750. The molecule has 0 aliphatic carbocycles. The third-order valence-electron chi connectivity index (χ3n) is 1.43. The van der Waals surface area contributed by atoms with E-state index in [1.807, 2.05) is 20.8 Å². The van der Waals surface area contributed by atoms with E-state index in [1.165, 1.54) is 0 Å². The standard InChI is InChI=1S/C8H15N5/c1-8(2,3)13-11-7(10-12-13)5-4-6-9/h4-5H,6,9H2,1-3H3/b5-4+. The van der Waals surface area contributed by atoms with Gasteiger partial charge in [0.05, 0.1) is 5.54 Å². The van der Waals surface area contributed by atoms with Gasteiger partial charge in [0.15, 0.2) is 5.82 Å². The van der Waals surface area contributed by atoms with Crippen molar-refractivity contribution in [2.45, 2.75) is 26.3 Å². The van der Waals surface area contributed by atoms with Crippen LogP contribution >= 0.6 is 0 Å². The van der Waals surface area contributed by atoms with Crippen LogP contribution in [0.2, 0.25) is 0 Å². The second kappa shape index (κ2) is 3.66. The van der Waals surface area contributed by atoms with Crippen molar-refractivity contribution in [3.8, 4) is 0 Å². The van der Waals surface area contributed by atoms with Crippen molar-refractivity contribution in [1.82, 2.24) is 20.2 Å². The summed E-state index contributed by atoms with van der Waals surface area (Å²) in [7, 11) is 0. The molecule has 0 unspecified atom stereocenters. The zero-order valence-electron chi connectivity index (χ0n) is 8.23. The first-order chi connectivity index (χ1) is 6.04. The molecule has 1 aromatic rings. The summed E-state index contributed by atoms with van der Waals surface area (Å²) >= 11 is 0. The molecule has 1 heterocycles. The number of hydrogen-bond acceptors (Lipinski definition) is 4. The first-order valence-electron chi connectivity index (χ1n) is 4.21. The maximum absolute atomic E-state index is 5.30. The molecular weight excluding hydrogens is 166 g/mol. The Morgan fingerprint density at radius 2 is 2.15 bits per heavy atom. The van der Waals surface area contributed by atoms with E-state index in [0.717, 1.165) is 0 Å². The average Bonchev–Trinajstić information content (AvgIpc) is 2.47. The Morgan fingerprint density at radius 3 is 2.62 bits per heavy atom. The largest absolute Gasteiger partial charge is 0.327 e. The minimum absolute atomic E-state index is 0.123. The lowest BCUT2D eigenvalue weighted by Gasteiger charge is -2.15. The summed E-state index contributed by atoms with van der Waals surface area (Å²) in [4.78, 5) is 1.59. The molecule has 2 N–H and O–H groups in total. The smallest absolute Gasteiger partial charge is 0.197 e. The Hall–Kier alpha value is -1.23. The molecule has 0 saturated carbocycles. The van der Waals surface area contributed by atoms with Crippen LogP contribution in [0.25, 0.3) is 6.08 Å². The summed E-state index contributed by atoms with van der Waals surface area (Å²) in [5.74, 6) is 0.598. The number of aromatic nitrogens is 4. The maximum Gasteiger partial charge on any atom is 0.197 e. The molecule has 0 aliphatic rings. The molecule has 0 saturated heterocycles. The lowest BCUT2D eigenvalue weighted by molar-refractivity contribution is 0.306. The van der Waals surface area contributed by atoms with Gasteiger partial charge in [-0.25, -0.2) is 0 Å². The normalized spacial score (nSPS) is 12.6. The zero-order chi connectivity index (χ0) is 9.90. The molecule has 0 aliphatic heterocycles. The predicted molar refractivity (Wildman–Crippen MR) is 50.9 cm³/mol. The number of rotatable bonds is 2. The van der Waals surface area contributed by atoms with Crippen LogP contribution in [0.15, 0.2) is 6.08 Å². The van der Waals surface area contributed by atoms with Crippen LogP contribution in [0.4, 0.5) is 0 Å². The Bertz CT molecular complexity index is 294. The molecule has 13 heavy (non-hydrogen) atoms. The first-order valence-corrected chi connectivity index (χ1v) is 4.21. The number of tetrazole rings is 1. The van der Waals surface area contributed by atoms with Crippen molar-refractivity contribution in [2.75, 3.05) is 6.54 Å². The van der Waals surface area contributed by atoms with Crippen molar-refractivity contribution in [2.24, 2.45) is 5.73 Å². The highest BCUT2D eigenvalue weighted by Gasteiger charge is 2.15. The van der Waals surface area contributed by atoms with Crippen LogP contribution in [-0.2, 0) is 5.54 Å². The molecular formula is C8H15N5. The lowest BCUT2D eigenvalue weighted by atomic mass is 10.1. The van der Waals surface area contributed by atoms with Gasteiger partial charge in [-0.1, -0.05) is 6.08 Å². The van der Waals surface area contributed by atoms with Gasteiger partial charge in [0.2, 0.25) is 0 Å². The molecule has 5 nitrogen and oxygen atoms in total. The minimum Gasteiger partial charge on any atom is -0.327 e.